The Kier molecular flexibility index (Phi) is 5.86. The molecule has 0 atom stereocenters. The molecule has 1 aromatic heterocycles. The maximum atomic E-state index is 5.91. The normalized spacial score (nSPS) is 11.6. The predicted molar refractivity (Wildman–Crippen MR) is 159 cm³/mol. The van der Waals surface area contributed by atoms with Crippen molar-refractivity contribution in [1.82, 2.24) is 4.98 Å². The largest absolute Gasteiger partial charge is 0.436 e. The van der Waals surface area contributed by atoms with Gasteiger partial charge in [-0.2, -0.15) is 0 Å². The lowest BCUT2D eigenvalue weighted by Crippen LogP contribution is -2.37. The quantitative estimate of drug-likeness (QED) is 0.223. The van der Waals surface area contributed by atoms with Gasteiger partial charge in [-0.3, -0.25) is 0 Å². The Morgan fingerprint density at radius 2 is 0.973 bits per heavy atom. The Hall–Kier alpha value is -4.21. The van der Waals surface area contributed by atoms with Gasteiger partial charge in [-0.1, -0.05) is 122 Å². The van der Waals surface area contributed by atoms with Crippen LogP contribution in [0.2, 0.25) is 19.6 Å². The van der Waals surface area contributed by atoms with Crippen molar-refractivity contribution < 1.29 is 4.42 Å². The monoisotopic (exact) mass is 495 g/mol. The van der Waals surface area contributed by atoms with Gasteiger partial charge in [0.05, 0.1) is 8.07 Å². The Balaban J connectivity index is 1.20. The van der Waals surface area contributed by atoms with Crippen LogP contribution in [0.1, 0.15) is 0 Å². The van der Waals surface area contributed by atoms with Crippen LogP contribution in [0.5, 0.6) is 0 Å². The fourth-order valence-electron chi connectivity index (χ4n) is 4.68. The molecule has 0 aliphatic heterocycles. The van der Waals surface area contributed by atoms with Crippen LogP contribution >= 0.6 is 0 Å². The summed E-state index contributed by atoms with van der Waals surface area (Å²) < 4.78 is 5.91. The van der Waals surface area contributed by atoms with E-state index < -0.39 is 8.07 Å². The molecule has 0 bridgehead atoms. The molecule has 6 rings (SSSR count). The first-order valence-electron chi connectivity index (χ1n) is 12.7. The van der Waals surface area contributed by atoms with Crippen LogP contribution in [-0.4, -0.2) is 13.1 Å². The third kappa shape index (κ3) is 4.78. The highest BCUT2D eigenvalue weighted by Crippen LogP contribution is 2.30. The van der Waals surface area contributed by atoms with Crippen LogP contribution < -0.4 is 5.19 Å². The van der Waals surface area contributed by atoms with Gasteiger partial charge in [0, 0.05) is 5.56 Å². The first kappa shape index (κ1) is 23.2. The zero-order chi connectivity index (χ0) is 25.4. The van der Waals surface area contributed by atoms with E-state index in [2.05, 4.69) is 122 Å². The molecule has 0 aliphatic carbocycles. The van der Waals surface area contributed by atoms with Gasteiger partial charge < -0.3 is 4.42 Å². The molecule has 0 aliphatic rings. The van der Waals surface area contributed by atoms with Gasteiger partial charge in [-0.15, -0.1) is 0 Å². The summed E-state index contributed by atoms with van der Waals surface area (Å²) in [6, 6.07) is 43.0. The molecule has 3 heteroatoms. The minimum Gasteiger partial charge on any atom is -0.436 e. The summed E-state index contributed by atoms with van der Waals surface area (Å²) in [5.41, 5.74) is 10.0. The molecule has 0 unspecified atom stereocenters. The number of para-hydroxylation sites is 2. The van der Waals surface area contributed by atoms with E-state index in [0.717, 1.165) is 16.7 Å². The van der Waals surface area contributed by atoms with E-state index in [9.17, 15) is 0 Å². The first-order chi connectivity index (χ1) is 17.9. The lowest BCUT2D eigenvalue weighted by atomic mass is 9.98. The molecular weight excluding hydrogens is 466 g/mol. The van der Waals surface area contributed by atoms with Gasteiger partial charge in [0.2, 0.25) is 5.89 Å². The van der Waals surface area contributed by atoms with Gasteiger partial charge in [0.25, 0.3) is 0 Å². The van der Waals surface area contributed by atoms with E-state index in [1.165, 1.54) is 38.6 Å². The van der Waals surface area contributed by atoms with Crippen molar-refractivity contribution in [2.75, 3.05) is 0 Å². The molecule has 0 fully saturated rings. The average Bonchev–Trinajstić information content (AvgIpc) is 3.38. The average molecular weight is 496 g/mol. The first-order valence-corrected chi connectivity index (χ1v) is 16.2. The van der Waals surface area contributed by atoms with Gasteiger partial charge >= 0.3 is 0 Å². The van der Waals surface area contributed by atoms with Crippen molar-refractivity contribution in [2.45, 2.75) is 19.6 Å². The number of nitrogens with zero attached hydrogens (tertiary/aromatic N) is 1. The van der Waals surface area contributed by atoms with Crippen molar-refractivity contribution in [3.8, 4) is 44.8 Å². The predicted octanol–water partition coefficient (Wildman–Crippen LogP) is 9.04. The van der Waals surface area contributed by atoms with Gasteiger partial charge in [0.15, 0.2) is 5.58 Å². The van der Waals surface area contributed by atoms with Crippen LogP contribution in [-0.2, 0) is 0 Å². The van der Waals surface area contributed by atoms with Crippen molar-refractivity contribution in [3.05, 3.63) is 121 Å². The minimum atomic E-state index is -1.33. The maximum Gasteiger partial charge on any atom is 0.227 e. The van der Waals surface area contributed by atoms with Crippen molar-refractivity contribution in [3.63, 3.8) is 0 Å². The Morgan fingerprint density at radius 3 is 1.49 bits per heavy atom. The highest BCUT2D eigenvalue weighted by atomic mass is 28.3. The molecule has 0 saturated carbocycles. The number of rotatable bonds is 5. The van der Waals surface area contributed by atoms with Gasteiger partial charge in [-0.25, -0.2) is 4.98 Å². The smallest absolute Gasteiger partial charge is 0.227 e. The van der Waals surface area contributed by atoms with Gasteiger partial charge in [0.1, 0.15) is 5.52 Å². The van der Waals surface area contributed by atoms with E-state index in [1.807, 2.05) is 24.3 Å². The molecular formula is C34H29NOSi. The molecule has 5 aromatic carbocycles. The minimum absolute atomic E-state index is 0.652. The molecule has 1 heterocycles. The lowest BCUT2D eigenvalue weighted by Gasteiger charge is -2.17. The summed E-state index contributed by atoms with van der Waals surface area (Å²) in [5, 5.41) is 1.49. The Morgan fingerprint density at radius 1 is 0.486 bits per heavy atom. The van der Waals surface area contributed by atoms with E-state index in [1.54, 1.807) is 0 Å². The second-order valence-corrected chi connectivity index (χ2v) is 15.6. The standard InChI is InChI=1S/C34H29NOSi/c1-37(2,3)31-8-6-7-30(23-31)28-17-15-26(16-18-28)24-11-13-25(14-12-24)27-19-21-29(22-20-27)34-35-32-9-4-5-10-33(32)36-34/h4-23H,1-3H3. The molecule has 0 N–H and O–H groups in total. The van der Waals surface area contributed by atoms with Crippen LogP contribution in [0.25, 0.3) is 55.9 Å². The summed E-state index contributed by atoms with van der Waals surface area (Å²) in [4.78, 5) is 4.61. The number of hydrogen-bond donors (Lipinski definition) is 0. The fourth-order valence-corrected chi connectivity index (χ4v) is 5.86. The van der Waals surface area contributed by atoms with Crippen LogP contribution in [0.3, 0.4) is 0 Å². The van der Waals surface area contributed by atoms with E-state index in [-0.39, 0.29) is 0 Å². The van der Waals surface area contributed by atoms with Crippen LogP contribution in [0, 0.1) is 0 Å². The highest BCUT2D eigenvalue weighted by molar-refractivity contribution is 6.88. The zero-order valence-electron chi connectivity index (χ0n) is 21.4. The summed E-state index contributed by atoms with van der Waals surface area (Å²) in [6.45, 7) is 7.18. The summed E-state index contributed by atoms with van der Waals surface area (Å²) >= 11 is 0. The second-order valence-electron chi connectivity index (χ2n) is 10.5. The topological polar surface area (TPSA) is 26.0 Å². The lowest BCUT2D eigenvalue weighted by molar-refractivity contribution is 0.620. The summed E-state index contributed by atoms with van der Waals surface area (Å²) in [7, 11) is -1.33. The second kappa shape index (κ2) is 9.34. The summed E-state index contributed by atoms with van der Waals surface area (Å²) in [6.07, 6.45) is 0. The Bertz CT molecular complexity index is 1640. The van der Waals surface area contributed by atoms with E-state index >= 15 is 0 Å². The number of oxazole rings is 1. The Labute approximate surface area is 219 Å². The molecule has 0 amide bonds. The fraction of sp³-hybridized carbons (Fsp3) is 0.0882. The van der Waals surface area contributed by atoms with Crippen LogP contribution in [0.4, 0.5) is 0 Å². The van der Waals surface area contributed by atoms with E-state index in [4.69, 9.17) is 4.42 Å². The molecule has 0 saturated heterocycles. The molecule has 37 heavy (non-hydrogen) atoms. The van der Waals surface area contributed by atoms with Crippen molar-refractivity contribution in [2.24, 2.45) is 0 Å². The zero-order valence-corrected chi connectivity index (χ0v) is 22.4. The maximum absolute atomic E-state index is 5.91. The molecule has 0 radical (unpaired) electrons. The number of benzene rings is 5. The van der Waals surface area contributed by atoms with E-state index in [0.29, 0.717) is 5.89 Å². The number of hydrogen-bond acceptors (Lipinski definition) is 2. The SMILES string of the molecule is C[Si](C)(C)c1cccc(-c2ccc(-c3ccc(-c4ccc(-c5nc6ccccc6o5)cc4)cc3)cc2)c1. The molecule has 180 valence electrons. The highest BCUT2D eigenvalue weighted by Gasteiger charge is 2.16. The number of aromatic nitrogens is 1. The van der Waals surface area contributed by atoms with Crippen molar-refractivity contribution in [1.29, 1.82) is 0 Å². The molecule has 2 nitrogen and oxygen atoms in total. The third-order valence-electron chi connectivity index (χ3n) is 6.92. The van der Waals surface area contributed by atoms with Crippen LogP contribution in [0.15, 0.2) is 126 Å². The van der Waals surface area contributed by atoms with Crippen molar-refractivity contribution >= 4 is 24.4 Å². The third-order valence-corrected chi connectivity index (χ3v) is 8.97. The molecule has 6 aromatic rings. The van der Waals surface area contributed by atoms with Gasteiger partial charge in [-0.05, 0) is 57.6 Å². The summed E-state index contributed by atoms with van der Waals surface area (Å²) in [5.74, 6) is 0.652. The number of fused-ring (bicyclic) bond motifs is 1. The molecule has 0 spiro atoms.